The standard InChI is InChI=1S/C14H20N2O3/c1-18-12-7-4-6-11(13(12)15)14(17)16-9-10-5-2-3-8-19-10/h4,6-7,10H,2-3,5,8-9,15H2,1H3,(H,16,17). The summed E-state index contributed by atoms with van der Waals surface area (Å²) >= 11 is 0. The lowest BCUT2D eigenvalue weighted by molar-refractivity contribution is 0.0169. The molecule has 5 heteroatoms. The first-order chi connectivity index (χ1) is 9.22. The number of carbonyl (C=O) groups excluding carboxylic acids is 1. The molecule has 0 saturated carbocycles. The van der Waals surface area contributed by atoms with E-state index in [0.717, 1.165) is 25.9 Å². The third-order valence-corrected chi connectivity index (χ3v) is 3.29. The Morgan fingerprint density at radius 3 is 3.05 bits per heavy atom. The van der Waals surface area contributed by atoms with Gasteiger partial charge in [0.05, 0.1) is 24.5 Å². The van der Waals surface area contributed by atoms with Gasteiger partial charge in [0.2, 0.25) is 0 Å². The van der Waals surface area contributed by atoms with Crippen LogP contribution in [-0.4, -0.2) is 32.3 Å². The molecule has 1 atom stereocenters. The van der Waals surface area contributed by atoms with Crippen molar-refractivity contribution >= 4 is 11.6 Å². The van der Waals surface area contributed by atoms with Crippen molar-refractivity contribution in [1.29, 1.82) is 0 Å². The van der Waals surface area contributed by atoms with Gasteiger partial charge in [-0.15, -0.1) is 0 Å². The van der Waals surface area contributed by atoms with Crippen LogP contribution >= 0.6 is 0 Å². The SMILES string of the molecule is COc1cccc(C(=O)NCC2CCCCO2)c1N. The maximum Gasteiger partial charge on any atom is 0.253 e. The molecule has 1 saturated heterocycles. The van der Waals surface area contributed by atoms with Crippen molar-refractivity contribution in [2.45, 2.75) is 25.4 Å². The lowest BCUT2D eigenvalue weighted by atomic mass is 10.1. The fourth-order valence-corrected chi connectivity index (χ4v) is 2.19. The molecule has 19 heavy (non-hydrogen) atoms. The number of benzene rings is 1. The van der Waals surface area contributed by atoms with E-state index in [2.05, 4.69) is 5.32 Å². The summed E-state index contributed by atoms with van der Waals surface area (Å²) in [6.07, 6.45) is 3.37. The Morgan fingerprint density at radius 2 is 2.37 bits per heavy atom. The van der Waals surface area contributed by atoms with E-state index in [0.29, 0.717) is 23.5 Å². The zero-order chi connectivity index (χ0) is 13.7. The Labute approximate surface area is 113 Å². The van der Waals surface area contributed by atoms with Crippen LogP contribution in [0, 0.1) is 0 Å². The number of rotatable bonds is 4. The molecular formula is C14H20N2O3. The predicted octanol–water partition coefficient (Wildman–Crippen LogP) is 1.58. The van der Waals surface area contributed by atoms with Gasteiger partial charge in [-0.1, -0.05) is 6.07 Å². The molecule has 0 radical (unpaired) electrons. The number of nitrogens with one attached hydrogen (secondary N) is 1. The molecule has 1 aliphatic rings. The minimum atomic E-state index is -0.189. The Morgan fingerprint density at radius 1 is 1.53 bits per heavy atom. The zero-order valence-electron chi connectivity index (χ0n) is 11.1. The van der Waals surface area contributed by atoms with Crippen LogP contribution in [0.4, 0.5) is 5.69 Å². The first-order valence-electron chi connectivity index (χ1n) is 6.54. The first kappa shape index (κ1) is 13.7. The number of ether oxygens (including phenoxy) is 2. The number of hydrogen-bond acceptors (Lipinski definition) is 4. The monoisotopic (exact) mass is 264 g/mol. The molecule has 1 amide bonds. The summed E-state index contributed by atoms with van der Waals surface area (Å²) in [5, 5.41) is 2.86. The first-order valence-corrected chi connectivity index (χ1v) is 6.54. The Kier molecular flexibility index (Phi) is 4.63. The third kappa shape index (κ3) is 3.38. The number of anilines is 1. The zero-order valence-corrected chi connectivity index (χ0v) is 11.1. The quantitative estimate of drug-likeness (QED) is 0.810. The highest BCUT2D eigenvalue weighted by atomic mass is 16.5. The highest BCUT2D eigenvalue weighted by Crippen LogP contribution is 2.24. The molecule has 1 heterocycles. The van der Waals surface area contributed by atoms with E-state index < -0.39 is 0 Å². The highest BCUT2D eigenvalue weighted by Gasteiger charge is 2.17. The lowest BCUT2D eigenvalue weighted by Crippen LogP contribution is -2.35. The van der Waals surface area contributed by atoms with Gasteiger partial charge in [0, 0.05) is 13.2 Å². The summed E-state index contributed by atoms with van der Waals surface area (Å²) in [4.78, 5) is 12.1. The fraction of sp³-hybridized carbons (Fsp3) is 0.500. The van der Waals surface area contributed by atoms with Crippen LogP contribution < -0.4 is 15.8 Å². The van der Waals surface area contributed by atoms with Crippen LogP contribution in [0.25, 0.3) is 0 Å². The van der Waals surface area contributed by atoms with Gasteiger partial charge in [0.1, 0.15) is 5.75 Å². The van der Waals surface area contributed by atoms with Crippen LogP contribution in [0.1, 0.15) is 29.6 Å². The minimum Gasteiger partial charge on any atom is -0.495 e. The normalized spacial score (nSPS) is 18.9. The Balaban J connectivity index is 1.95. The van der Waals surface area contributed by atoms with Crippen LogP contribution in [-0.2, 0) is 4.74 Å². The van der Waals surface area contributed by atoms with Crippen LogP contribution in [0.2, 0.25) is 0 Å². The fourth-order valence-electron chi connectivity index (χ4n) is 2.19. The predicted molar refractivity (Wildman–Crippen MR) is 73.3 cm³/mol. The van der Waals surface area contributed by atoms with Crippen LogP contribution in [0.15, 0.2) is 18.2 Å². The minimum absolute atomic E-state index is 0.115. The van der Waals surface area contributed by atoms with E-state index in [1.54, 1.807) is 18.2 Å². The van der Waals surface area contributed by atoms with Crippen molar-refractivity contribution < 1.29 is 14.3 Å². The molecule has 0 bridgehead atoms. The topological polar surface area (TPSA) is 73.6 Å². The van der Waals surface area contributed by atoms with E-state index in [1.165, 1.54) is 7.11 Å². The molecule has 1 aromatic carbocycles. The summed E-state index contributed by atoms with van der Waals surface area (Å²) in [5.74, 6) is 0.326. The van der Waals surface area contributed by atoms with E-state index in [-0.39, 0.29) is 12.0 Å². The molecule has 2 rings (SSSR count). The van der Waals surface area contributed by atoms with Gasteiger partial charge >= 0.3 is 0 Å². The van der Waals surface area contributed by atoms with Crippen molar-refractivity contribution in [2.75, 3.05) is 26.0 Å². The summed E-state index contributed by atoms with van der Waals surface area (Å²) in [7, 11) is 1.53. The van der Waals surface area contributed by atoms with Crippen molar-refractivity contribution in [3.8, 4) is 5.75 Å². The summed E-state index contributed by atoms with van der Waals surface area (Å²) in [5.41, 5.74) is 6.69. The van der Waals surface area contributed by atoms with Gasteiger partial charge in [-0.05, 0) is 31.4 Å². The number of hydrogen-bond donors (Lipinski definition) is 2. The van der Waals surface area contributed by atoms with Crippen molar-refractivity contribution in [1.82, 2.24) is 5.32 Å². The smallest absolute Gasteiger partial charge is 0.253 e. The van der Waals surface area contributed by atoms with Gasteiger partial charge in [0.25, 0.3) is 5.91 Å². The number of methoxy groups -OCH3 is 1. The molecular weight excluding hydrogens is 244 g/mol. The molecule has 0 spiro atoms. The van der Waals surface area contributed by atoms with Crippen molar-refractivity contribution in [3.63, 3.8) is 0 Å². The van der Waals surface area contributed by atoms with Gasteiger partial charge in [-0.3, -0.25) is 4.79 Å². The summed E-state index contributed by atoms with van der Waals surface area (Å²) < 4.78 is 10.7. The lowest BCUT2D eigenvalue weighted by Gasteiger charge is -2.22. The van der Waals surface area contributed by atoms with E-state index in [9.17, 15) is 4.79 Å². The molecule has 1 aromatic rings. The maximum absolute atomic E-state index is 12.1. The average molecular weight is 264 g/mol. The van der Waals surface area contributed by atoms with E-state index in [4.69, 9.17) is 15.2 Å². The molecule has 1 unspecified atom stereocenters. The summed E-state index contributed by atoms with van der Waals surface area (Å²) in [6.45, 7) is 1.30. The second-order valence-corrected chi connectivity index (χ2v) is 4.62. The second kappa shape index (κ2) is 6.43. The molecule has 5 nitrogen and oxygen atoms in total. The number of para-hydroxylation sites is 1. The van der Waals surface area contributed by atoms with Crippen LogP contribution in [0.5, 0.6) is 5.75 Å². The molecule has 0 aromatic heterocycles. The number of amides is 1. The van der Waals surface area contributed by atoms with Gasteiger partial charge in [-0.2, -0.15) is 0 Å². The van der Waals surface area contributed by atoms with E-state index >= 15 is 0 Å². The van der Waals surface area contributed by atoms with Crippen molar-refractivity contribution in [3.05, 3.63) is 23.8 Å². The highest BCUT2D eigenvalue weighted by molar-refractivity contribution is 6.00. The maximum atomic E-state index is 12.1. The number of nitrogen functional groups attached to an aromatic ring is 1. The Hall–Kier alpha value is -1.75. The average Bonchev–Trinajstić information content (AvgIpc) is 2.46. The second-order valence-electron chi connectivity index (χ2n) is 4.62. The van der Waals surface area contributed by atoms with Crippen molar-refractivity contribution in [2.24, 2.45) is 0 Å². The largest absolute Gasteiger partial charge is 0.495 e. The molecule has 3 N–H and O–H groups in total. The van der Waals surface area contributed by atoms with Gasteiger partial charge in [-0.25, -0.2) is 0 Å². The molecule has 0 aliphatic carbocycles. The molecule has 104 valence electrons. The third-order valence-electron chi connectivity index (χ3n) is 3.29. The molecule has 1 aliphatic heterocycles. The van der Waals surface area contributed by atoms with E-state index in [1.807, 2.05) is 0 Å². The Bertz CT molecular complexity index is 442. The summed E-state index contributed by atoms with van der Waals surface area (Å²) in [6, 6.07) is 5.17. The van der Waals surface area contributed by atoms with Crippen LogP contribution in [0.3, 0.4) is 0 Å². The molecule has 1 fully saturated rings. The number of nitrogens with two attached hydrogens (primary N) is 1. The number of carbonyl (C=O) groups is 1. The van der Waals surface area contributed by atoms with Gasteiger partial charge < -0.3 is 20.5 Å². The van der Waals surface area contributed by atoms with Gasteiger partial charge in [0.15, 0.2) is 0 Å².